The molecule has 0 radical (unpaired) electrons. The van der Waals surface area contributed by atoms with Gasteiger partial charge in [0.1, 0.15) is 5.76 Å². The number of rotatable bonds is 8. The fraction of sp³-hybridized carbons (Fsp3) is 0.208. The first-order chi connectivity index (χ1) is 15.9. The molecule has 9 nitrogen and oxygen atoms in total. The largest absolute Gasteiger partial charge is 0.493 e. The van der Waals surface area contributed by atoms with Crippen molar-refractivity contribution in [1.82, 2.24) is 15.8 Å². The normalized spacial score (nSPS) is 10.7. The Balaban J connectivity index is 1.58. The highest BCUT2D eigenvalue weighted by molar-refractivity contribution is 5.93. The summed E-state index contributed by atoms with van der Waals surface area (Å²) >= 11 is 0. The number of methoxy groups -OCH3 is 3. The summed E-state index contributed by atoms with van der Waals surface area (Å²) in [5, 5.41) is 0. The van der Waals surface area contributed by atoms with E-state index in [0.29, 0.717) is 40.2 Å². The Morgan fingerprint density at radius 3 is 2.27 bits per heavy atom. The van der Waals surface area contributed by atoms with E-state index in [1.54, 1.807) is 25.1 Å². The van der Waals surface area contributed by atoms with Crippen LogP contribution in [0.25, 0.3) is 17.5 Å². The fourth-order valence-corrected chi connectivity index (χ4v) is 3.04. The lowest BCUT2D eigenvalue weighted by Crippen LogP contribution is -2.41. The first kappa shape index (κ1) is 23.4. The summed E-state index contributed by atoms with van der Waals surface area (Å²) in [5.74, 6) is 1.41. The molecule has 1 heterocycles. The number of benzene rings is 2. The Labute approximate surface area is 191 Å². The summed E-state index contributed by atoms with van der Waals surface area (Å²) in [7, 11) is 4.52. The van der Waals surface area contributed by atoms with Crippen molar-refractivity contribution < 1.29 is 28.2 Å². The highest BCUT2D eigenvalue weighted by Gasteiger charge is 2.15. The van der Waals surface area contributed by atoms with E-state index in [-0.39, 0.29) is 6.42 Å². The lowest BCUT2D eigenvalue weighted by Gasteiger charge is -2.12. The Morgan fingerprint density at radius 1 is 1.00 bits per heavy atom. The van der Waals surface area contributed by atoms with E-state index in [9.17, 15) is 9.59 Å². The molecule has 0 atom stereocenters. The number of hydrogen-bond donors (Lipinski definition) is 2. The predicted molar refractivity (Wildman–Crippen MR) is 122 cm³/mol. The zero-order valence-corrected chi connectivity index (χ0v) is 18.8. The van der Waals surface area contributed by atoms with Crippen LogP contribution in [0, 0.1) is 6.92 Å². The van der Waals surface area contributed by atoms with Gasteiger partial charge in [-0.3, -0.25) is 20.4 Å². The Hall–Kier alpha value is -4.27. The van der Waals surface area contributed by atoms with Crippen LogP contribution in [0.2, 0.25) is 0 Å². The van der Waals surface area contributed by atoms with Crippen LogP contribution in [0.1, 0.15) is 17.0 Å². The third-order valence-corrected chi connectivity index (χ3v) is 4.68. The molecule has 0 aliphatic rings. The Kier molecular flexibility index (Phi) is 7.69. The molecule has 0 fully saturated rings. The van der Waals surface area contributed by atoms with Crippen LogP contribution in [0.4, 0.5) is 0 Å². The third kappa shape index (κ3) is 5.91. The topological polar surface area (TPSA) is 112 Å². The minimum absolute atomic E-state index is 0.0426. The van der Waals surface area contributed by atoms with Crippen LogP contribution in [0.15, 0.2) is 53.0 Å². The van der Waals surface area contributed by atoms with Gasteiger partial charge in [-0.1, -0.05) is 18.2 Å². The van der Waals surface area contributed by atoms with E-state index < -0.39 is 11.8 Å². The molecule has 172 valence electrons. The Bertz CT molecular complexity index is 1130. The maximum absolute atomic E-state index is 12.2. The van der Waals surface area contributed by atoms with Crippen LogP contribution in [-0.4, -0.2) is 38.1 Å². The molecule has 3 aromatic rings. The molecule has 0 unspecified atom stereocenters. The number of nitrogens with zero attached hydrogens (tertiary/aromatic N) is 1. The number of carbonyl (C=O) groups is 2. The van der Waals surface area contributed by atoms with Crippen LogP contribution in [0.3, 0.4) is 0 Å². The van der Waals surface area contributed by atoms with Gasteiger partial charge in [-0.05, 0) is 42.8 Å². The highest BCUT2D eigenvalue weighted by atomic mass is 16.5. The second-order valence-corrected chi connectivity index (χ2v) is 6.89. The molecule has 0 spiro atoms. The molecule has 2 amide bonds. The average Bonchev–Trinajstić information content (AvgIpc) is 3.21. The van der Waals surface area contributed by atoms with Crippen LogP contribution in [-0.2, 0) is 16.0 Å². The SMILES string of the molecule is COc1cc(C=CC(=O)NNC(=O)Cc2nc(-c3ccccc3)oc2C)cc(OC)c1OC. The standard InChI is InChI=1S/C24H25N3O6/c1-15-18(25-24(33-15)17-8-6-5-7-9-17)14-22(29)27-26-21(28)11-10-16-12-19(30-2)23(32-4)20(13-16)31-3/h5-13H,14H2,1-4H3,(H,26,28)(H,27,29). The van der Waals surface area contributed by atoms with Crippen LogP contribution < -0.4 is 25.1 Å². The quantitative estimate of drug-likeness (QED) is 0.400. The van der Waals surface area contributed by atoms with Crippen molar-refractivity contribution in [3.63, 3.8) is 0 Å². The van der Waals surface area contributed by atoms with E-state index in [2.05, 4.69) is 15.8 Å². The maximum Gasteiger partial charge on any atom is 0.262 e. The molecule has 0 saturated heterocycles. The molecule has 2 aromatic carbocycles. The number of amides is 2. The summed E-state index contributed by atoms with van der Waals surface area (Å²) in [4.78, 5) is 28.8. The number of nitrogens with one attached hydrogen (secondary N) is 2. The van der Waals surface area contributed by atoms with Crippen molar-refractivity contribution in [3.05, 3.63) is 65.6 Å². The lowest BCUT2D eigenvalue weighted by atomic mass is 10.1. The number of aryl methyl sites for hydroxylation is 1. The molecule has 0 saturated carbocycles. The summed E-state index contributed by atoms with van der Waals surface area (Å²) in [6.45, 7) is 1.74. The van der Waals surface area contributed by atoms with Crippen molar-refractivity contribution in [2.24, 2.45) is 0 Å². The molecular weight excluding hydrogens is 426 g/mol. The van der Waals surface area contributed by atoms with Crippen LogP contribution in [0.5, 0.6) is 17.2 Å². The lowest BCUT2D eigenvalue weighted by molar-refractivity contribution is -0.126. The van der Waals surface area contributed by atoms with Crippen LogP contribution >= 0.6 is 0 Å². The minimum Gasteiger partial charge on any atom is -0.493 e. The van der Waals surface area contributed by atoms with Gasteiger partial charge in [0, 0.05) is 11.6 Å². The predicted octanol–water partition coefficient (Wildman–Crippen LogP) is 3.08. The summed E-state index contributed by atoms with van der Waals surface area (Å²) in [6.07, 6.45) is 2.79. The van der Waals surface area contributed by atoms with Crippen molar-refractivity contribution in [2.75, 3.05) is 21.3 Å². The zero-order chi connectivity index (χ0) is 23.8. The first-order valence-electron chi connectivity index (χ1n) is 10.0. The van der Waals surface area contributed by atoms with E-state index in [0.717, 1.165) is 5.56 Å². The summed E-state index contributed by atoms with van der Waals surface area (Å²) < 4.78 is 21.5. The second-order valence-electron chi connectivity index (χ2n) is 6.89. The number of aromatic nitrogens is 1. The third-order valence-electron chi connectivity index (χ3n) is 4.68. The molecule has 0 aliphatic heterocycles. The molecular formula is C24H25N3O6. The van der Waals surface area contributed by atoms with Gasteiger partial charge in [-0.2, -0.15) is 0 Å². The number of carbonyl (C=O) groups excluding carboxylic acids is 2. The number of hydrogen-bond acceptors (Lipinski definition) is 7. The monoisotopic (exact) mass is 451 g/mol. The molecule has 3 rings (SSSR count). The molecule has 2 N–H and O–H groups in total. The fourth-order valence-electron chi connectivity index (χ4n) is 3.04. The number of oxazole rings is 1. The number of hydrazine groups is 1. The van der Waals surface area contributed by atoms with E-state index in [1.165, 1.54) is 27.4 Å². The maximum atomic E-state index is 12.2. The van der Waals surface area contributed by atoms with Crippen molar-refractivity contribution in [2.45, 2.75) is 13.3 Å². The van der Waals surface area contributed by atoms with E-state index in [1.807, 2.05) is 30.3 Å². The van der Waals surface area contributed by atoms with Gasteiger partial charge >= 0.3 is 0 Å². The van der Waals surface area contributed by atoms with Gasteiger partial charge in [-0.15, -0.1) is 0 Å². The highest BCUT2D eigenvalue weighted by Crippen LogP contribution is 2.38. The van der Waals surface area contributed by atoms with Crippen molar-refractivity contribution in [1.29, 1.82) is 0 Å². The molecule has 33 heavy (non-hydrogen) atoms. The second kappa shape index (κ2) is 10.9. The van der Waals surface area contributed by atoms with Gasteiger partial charge in [-0.25, -0.2) is 4.98 Å². The van der Waals surface area contributed by atoms with Crippen molar-refractivity contribution in [3.8, 4) is 28.7 Å². The van der Waals surface area contributed by atoms with Crippen molar-refractivity contribution >= 4 is 17.9 Å². The molecule has 0 aliphatic carbocycles. The Morgan fingerprint density at radius 2 is 1.67 bits per heavy atom. The molecule has 0 bridgehead atoms. The van der Waals surface area contributed by atoms with Gasteiger partial charge in [0.25, 0.3) is 5.91 Å². The van der Waals surface area contributed by atoms with Gasteiger partial charge in [0.05, 0.1) is 33.4 Å². The molecule has 1 aromatic heterocycles. The molecule has 9 heteroatoms. The zero-order valence-electron chi connectivity index (χ0n) is 18.8. The minimum atomic E-state index is -0.515. The van der Waals surface area contributed by atoms with Gasteiger partial charge in [0.15, 0.2) is 11.5 Å². The first-order valence-corrected chi connectivity index (χ1v) is 10.0. The summed E-state index contributed by atoms with van der Waals surface area (Å²) in [5.41, 5.74) is 6.67. The average molecular weight is 451 g/mol. The van der Waals surface area contributed by atoms with Gasteiger partial charge < -0.3 is 18.6 Å². The van der Waals surface area contributed by atoms with E-state index in [4.69, 9.17) is 18.6 Å². The summed E-state index contributed by atoms with van der Waals surface area (Å²) in [6, 6.07) is 12.8. The smallest absolute Gasteiger partial charge is 0.262 e. The van der Waals surface area contributed by atoms with E-state index >= 15 is 0 Å². The van der Waals surface area contributed by atoms with Gasteiger partial charge in [0.2, 0.25) is 17.5 Å². The number of ether oxygens (including phenoxy) is 3.